The highest BCUT2D eigenvalue weighted by Gasteiger charge is 2.20. The first-order chi connectivity index (χ1) is 23.8. The summed E-state index contributed by atoms with van der Waals surface area (Å²) in [4.78, 5) is 5.33. The van der Waals surface area contributed by atoms with Crippen LogP contribution in [0.4, 0.5) is 0 Å². The minimum atomic E-state index is 0.945. The second-order valence-corrected chi connectivity index (χ2v) is 12.4. The van der Waals surface area contributed by atoms with Crippen LogP contribution in [0.3, 0.4) is 0 Å². The molecule has 0 aliphatic carbocycles. The number of aromatic nitrogens is 2. The van der Waals surface area contributed by atoms with Crippen molar-refractivity contribution in [3.8, 4) is 50.5 Å². The first-order valence-corrected chi connectivity index (χ1v) is 16.5. The molecule has 0 bridgehead atoms. The van der Waals surface area contributed by atoms with Gasteiger partial charge in [-0.2, -0.15) is 0 Å². The van der Waals surface area contributed by atoms with E-state index in [-0.39, 0.29) is 0 Å². The Kier molecular flexibility index (Phi) is 6.72. The van der Waals surface area contributed by atoms with Gasteiger partial charge in [0, 0.05) is 11.3 Å². The predicted molar refractivity (Wildman–Crippen MR) is 203 cm³/mol. The van der Waals surface area contributed by atoms with Crippen molar-refractivity contribution in [1.82, 2.24) is 9.55 Å². The zero-order valence-electron chi connectivity index (χ0n) is 26.6. The highest BCUT2D eigenvalue weighted by molar-refractivity contribution is 6.22. The van der Waals surface area contributed by atoms with Crippen LogP contribution >= 0.6 is 0 Å². The van der Waals surface area contributed by atoms with Crippen LogP contribution in [0.5, 0.6) is 0 Å². The summed E-state index contributed by atoms with van der Waals surface area (Å²) >= 11 is 0. The molecule has 48 heavy (non-hydrogen) atoms. The summed E-state index contributed by atoms with van der Waals surface area (Å²) in [7, 11) is 0. The van der Waals surface area contributed by atoms with Crippen LogP contribution in [0.2, 0.25) is 0 Å². The van der Waals surface area contributed by atoms with Gasteiger partial charge in [0.15, 0.2) is 0 Å². The van der Waals surface area contributed by atoms with Gasteiger partial charge in [-0.05, 0) is 91.7 Å². The van der Waals surface area contributed by atoms with Crippen LogP contribution in [0, 0.1) is 6.92 Å². The zero-order chi connectivity index (χ0) is 32.0. The number of hydrogen-bond acceptors (Lipinski definition) is 1. The van der Waals surface area contributed by atoms with Gasteiger partial charge >= 0.3 is 0 Å². The maximum Gasteiger partial charge on any atom is 0.145 e. The number of imidazole rings is 1. The lowest BCUT2D eigenvalue weighted by molar-refractivity contribution is 1.10. The van der Waals surface area contributed by atoms with E-state index in [4.69, 9.17) is 4.98 Å². The van der Waals surface area contributed by atoms with E-state index in [2.05, 4.69) is 187 Å². The number of nitrogens with zero attached hydrogens (tertiary/aromatic N) is 2. The molecule has 1 aromatic heterocycles. The summed E-state index contributed by atoms with van der Waals surface area (Å²) in [5.41, 5.74) is 12.8. The molecule has 0 radical (unpaired) electrons. The van der Waals surface area contributed by atoms with Crippen LogP contribution in [0.25, 0.3) is 83.0 Å². The van der Waals surface area contributed by atoms with Crippen molar-refractivity contribution >= 4 is 32.6 Å². The van der Waals surface area contributed by atoms with Gasteiger partial charge in [-0.3, -0.25) is 4.57 Å². The number of fused-ring (bicyclic) bond motifs is 3. The van der Waals surface area contributed by atoms with Crippen molar-refractivity contribution in [1.29, 1.82) is 0 Å². The van der Waals surface area contributed by atoms with Crippen LogP contribution < -0.4 is 0 Å². The van der Waals surface area contributed by atoms with E-state index in [0.717, 1.165) is 28.1 Å². The summed E-state index contributed by atoms with van der Waals surface area (Å²) in [6.45, 7) is 2.22. The Labute approximate surface area is 280 Å². The average Bonchev–Trinajstić information content (AvgIpc) is 3.56. The largest absolute Gasteiger partial charge is 0.292 e. The summed E-state index contributed by atoms with van der Waals surface area (Å²) in [6, 6.07) is 63.0. The molecule has 0 saturated heterocycles. The van der Waals surface area contributed by atoms with Crippen molar-refractivity contribution in [2.45, 2.75) is 6.92 Å². The Morgan fingerprint density at radius 1 is 0.417 bits per heavy atom. The van der Waals surface area contributed by atoms with Crippen molar-refractivity contribution in [2.24, 2.45) is 0 Å². The van der Waals surface area contributed by atoms with Crippen molar-refractivity contribution in [2.75, 3.05) is 0 Å². The van der Waals surface area contributed by atoms with Crippen molar-refractivity contribution in [3.63, 3.8) is 0 Å². The van der Waals surface area contributed by atoms with Crippen LogP contribution in [0.15, 0.2) is 176 Å². The van der Waals surface area contributed by atoms with Crippen LogP contribution in [-0.4, -0.2) is 9.55 Å². The molecule has 0 amide bonds. The fraction of sp³-hybridized carbons (Fsp3) is 0.0217. The number of benzene rings is 8. The van der Waals surface area contributed by atoms with Gasteiger partial charge in [0.1, 0.15) is 5.82 Å². The molecule has 0 atom stereocenters. The van der Waals surface area contributed by atoms with E-state index >= 15 is 0 Å². The summed E-state index contributed by atoms with van der Waals surface area (Å²) in [5, 5.41) is 5.02. The number of aryl methyl sites for hydroxylation is 1. The normalized spacial score (nSPS) is 11.4. The van der Waals surface area contributed by atoms with E-state index < -0.39 is 0 Å². The third kappa shape index (κ3) is 4.53. The molecule has 2 heteroatoms. The first-order valence-electron chi connectivity index (χ1n) is 16.5. The molecule has 1 heterocycles. The fourth-order valence-electron chi connectivity index (χ4n) is 7.39. The molecule has 0 spiro atoms. The number of rotatable bonds is 5. The molecule has 0 aliphatic heterocycles. The van der Waals surface area contributed by atoms with Gasteiger partial charge < -0.3 is 0 Å². The predicted octanol–water partition coefficient (Wildman–Crippen LogP) is 12.3. The van der Waals surface area contributed by atoms with Gasteiger partial charge in [0.05, 0.1) is 11.0 Å². The van der Waals surface area contributed by atoms with Crippen molar-refractivity contribution in [3.05, 3.63) is 181 Å². The lowest BCUT2D eigenvalue weighted by Crippen LogP contribution is -1.97. The topological polar surface area (TPSA) is 17.8 Å². The van der Waals surface area contributed by atoms with Crippen LogP contribution in [0.1, 0.15) is 5.56 Å². The lowest BCUT2D eigenvalue weighted by Gasteiger charge is -2.19. The second kappa shape index (κ2) is 11.5. The molecule has 0 aliphatic rings. The Hall–Kier alpha value is -6.25. The fourth-order valence-corrected chi connectivity index (χ4v) is 7.39. The maximum atomic E-state index is 5.33. The molecule has 0 N–H and O–H groups in total. The molecular formula is C46H32N2. The minimum Gasteiger partial charge on any atom is -0.292 e. The van der Waals surface area contributed by atoms with Gasteiger partial charge in [-0.25, -0.2) is 4.98 Å². The Bertz CT molecular complexity index is 2580. The Morgan fingerprint density at radius 2 is 0.917 bits per heavy atom. The highest BCUT2D eigenvalue weighted by atomic mass is 15.1. The zero-order valence-corrected chi connectivity index (χ0v) is 26.6. The van der Waals surface area contributed by atoms with Gasteiger partial charge in [-0.1, -0.05) is 152 Å². The number of para-hydroxylation sites is 1. The SMILES string of the molecule is Cc1c(-c2ccc3c(-c4ccccc4)c4ccccc4c(-c4ccccc4)c3c2)ccc2c1nc(-c1ccccc1)n2-c1ccccc1. The average molecular weight is 613 g/mol. The van der Waals surface area contributed by atoms with E-state index in [1.165, 1.54) is 60.5 Å². The van der Waals surface area contributed by atoms with Gasteiger partial charge in [0.2, 0.25) is 0 Å². The lowest BCUT2D eigenvalue weighted by atomic mass is 9.84. The van der Waals surface area contributed by atoms with Crippen molar-refractivity contribution < 1.29 is 0 Å². The number of hydrogen-bond donors (Lipinski definition) is 0. The van der Waals surface area contributed by atoms with Gasteiger partial charge in [-0.15, -0.1) is 0 Å². The molecule has 0 unspecified atom stereocenters. The summed E-state index contributed by atoms with van der Waals surface area (Å²) in [5.74, 6) is 0.945. The van der Waals surface area contributed by atoms with E-state index in [9.17, 15) is 0 Å². The molecular weight excluding hydrogens is 581 g/mol. The minimum absolute atomic E-state index is 0.945. The highest BCUT2D eigenvalue weighted by Crippen LogP contribution is 2.45. The van der Waals surface area contributed by atoms with Crippen LogP contribution in [-0.2, 0) is 0 Å². The van der Waals surface area contributed by atoms with E-state index in [0.29, 0.717) is 0 Å². The standard InChI is InChI=1S/C46H32N2/c1-31-37(28-29-42-45(31)47-46(34-20-10-4-11-21-34)48(42)36-22-12-5-13-23-36)35-26-27-40-41(30-35)44(33-18-8-3-9-19-33)39-25-15-14-24-38(39)43(40)32-16-6-2-7-17-32/h2-30H,1H3. The summed E-state index contributed by atoms with van der Waals surface area (Å²) < 4.78 is 2.29. The molecule has 226 valence electrons. The second-order valence-electron chi connectivity index (χ2n) is 12.4. The maximum absolute atomic E-state index is 5.33. The Balaban J connectivity index is 1.33. The third-order valence-corrected chi connectivity index (χ3v) is 9.59. The third-order valence-electron chi connectivity index (χ3n) is 9.59. The molecule has 0 saturated carbocycles. The van der Waals surface area contributed by atoms with E-state index in [1.807, 2.05) is 0 Å². The molecule has 9 aromatic rings. The quantitative estimate of drug-likeness (QED) is 0.177. The van der Waals surface area contributed by atoms with Gasteiger partial charge in [0.25, 0.3) is 0 Å². The molecule has 0 fully saturated rings. The Morgan fingerprint density at radius 3 is 1.52 bits per heavy atom. The molecule has 8 aromatic carbocycles. The molecule has 9 rings (SSSR count). The molecule has 2 nitrogen and oxygen atoms in total. The first kappa shape index (κ1) is 28.0. The summed E-state index contributed by atoms with van der Waals surface area (Å²) in [6.07, 6.45) is 0. The van der Waals surface area contributed by atoms with E-state index in [1.54, 1.807) is 0 Å². The monoisotopic (exact) mass is 612 g/mol. The smallest absolute Gasteiger partial charge is 0.145 e.